The van der Waals surface area contributed by atoms with Gasteiger partial charge in [-0.2, -0.15) is 13.2 Å². The van der Waals surface area contributed by atoms with Crippen molar-refractivity contribution < 1.29 is 13.2 Å². The molecule has 1 aromatic heterocycles. The second-order valence-electron chi connectivity index (χ2n) is 4.57. The predicted octanol–water partition coefficient (Wildman–Crippen LogP) is 2.57. The molecule has 100 valence electrons. The molecule has 1 aliphatic heterocycles. The maximum absolute atomic E-state index is 12.3. The van der Waals surface area contributed by atoms with Crippen molar-refractivity contribution in [1.29, 1.82) is 0 Å². The van der Waals surface area contributed by atoms with Crippen LogP contribution in [0.25, 0.3) is 0 Å². The fourth-order valence-electron chi connectivity index (χ4n) is 2.10. The Morgan fingerprint density at radius 2 is 1.94 bits per heavy atom. The van der Waals surface area contributed by atoms with Gasteiger partial charge in [-0.1, -0.05) is 6.42 Å². The molecule has 1 atom stereocenters. The zero-order valence-corrected chi connectivity index (χ0v) is 10.0. The lowest BCUT2D eigenvalue weighted by Gasteiger charge is -2.22. The predicted molar refractivity (Wildman–Crippen MR) is 61.0 cm³/mol. The van der Waals surface area contributed by atoms with Gasteiger partial charge in [0.2, 0.25) is 0 Å². The Hall–Kier alpha value is -1.17. The van der Waals surface area contributed by atoms with E-state index in [2.05, 4.69) is 15.3 Å². The van der Waals surface area contributed by atoms with Crippen molar-refractivity contribution in [2.24, 2.45) is 0 Å². The van der Waals surface area contributed by atoms with E-state index in [4.69, 9.17) is 0 Å². The number of nitrogens with one attached hydrogen (secondary N) is 1. The van der Waals surface area contributed by atoms with Crippen LogP contribution in [0.2, 0.25) is 0 Å². The van der Waals surface area contributed by atoms with Gasteiger partial charge >= 0.3 is 6.18 Å². The van der Waals surface area contributed by atoms with Crippen LogP contribution in [0, 0.1) is 0 Å². The molecule has 1 aromatic rings. The monoisotopic (exact) mass is 259 g/mol. The number of hydrogen-bond acceptors (Lipinski definition) is 3. The molecule has 1 N–H and O–H groups in total. The minimum atomic E-state index is -4.36. The molecule has 0 saturated carbocycles. The normalized spacial score (nSPS) is 20.9. The minimum Gasteiger partial charge on any atom is -0.314 e. The minimum absolute atomic E-state index is 0.449. The third kappa shape index (κ3) is 3.66. The fourth-order valence-corrected chi connectivity index (χ4v) is 2.10. The average Bonchev–Trinajstić information content (AvgIpc) is 2.37. The first-order valence-electron chi connectivity index (χ1n) is 6.17. The van der Waals surface area contributed by atoms with Gasteiger partial charge in [-0.15, -0.1) is 0 Å². The standard InChI is InChI=1S/C12H16F3N3/c13-12(14,15)9-7-17-11(18-8-9)5-4-10-3-1-2-6-16-10/h7-8,10,16H,1-6H2. The van der Waals surface area contributed by atoms with Crippen LogP contribution in [0.3, 0.4) is 0 Å². The van der Waals surface area contributed by atoms with Gasteiger partial charge in [-0.05, 0) is 25.8 Å². The number of halogens is 3. The summed E-state index contributed by atoms with van der Waals surface area (Å²) in [5, 5.41) is 3.39. The van der Waals surface area contributed by atoms with Crippen molar-refractivity contribution in [2.75, 3.05) is 6.54 Å². The van der Waals surface area contributed by atoms with E-state index in [1.54, 1.807) is 0 Å². The van der Waals surface area contributed by atoms with Crippen LogP contribution in [-0.4, -0.2) is 22.6 Å². The lowest BCUT2D eigenvalue weighted by atomic mass is 10.0. The number of aryl methyl sites for hydroxylation is 1. The number of alkyl halides is 3. The number of nitrogens with zero attached hydrogens (tertiary/aromatic N) is 2. The van der Waals surface area contributed by atoms with E-state index in [9.17, 15) is 13.2 Å². The highest BCUT2D eigenvalue weighted by atomic mass is 19.4. The van der Waals surface area contributed by atoms with Gasteiger partial charge in [-0.25, -0.2) is 9.97 Å². The first-order valence-corrected chi connectivity index (χ1v) is 6.17. The molecule has 6 heteroatoms. The molecule has 0 aromatic carbocycles. The smallest absolute Gasteiger partial charge is 0.314 e. The van der Waals surface area contributed by atoms with Crippen LogP contribution < -0.4 is 5.32 Å². The molecule has 1 aliphatic rings. The van der Waals surface area contributed by atoms with E-state index >= 15 is 0 Å². The van der Waals surface area contributed by atoms with Gasteiger partial charge in [0.25, 0.3) is 0 Å². The maximum Gasteiger partial charge on any atom is 0.419 e. The average molecular weight is 259 g/mol. The number of hydrogen-bond donors (Lipinski definition) is 1. The zero-order chi connectivity index (χ0) is 13.0. The Balaban J connectivity index is 1.86. The molecule has 1 fully saturated rings. The summed E-state index contributed by atoms with van der Waals surface area (Å²) in [6.45, 7) is 1.03. The molecule has 0 radical (unpaired) electrons. The third-order valence-corrected chi connectivity index (χ3v) is 3.16. The van der Waals surface area contributed by atoms with Crippen molar-refractivity contribution in [3.8, 4) is 0 Å². The third-order valence-electron chi connectivity index (χ3n) is 3.16. The van der Waals surface area contributed by atoms with E-state index < -0.39 is 11.7 Å². The van der Waals surface area contributed by atoms with Gasteiger partial charge in [0.1, 0.15) is 5.82 Å². The van der Waals surface area contributed by atoms with Crippen LogP contribution in [0.4, 0.5) is 13.2 Å². The SMILES string of the molecule is FC(F)(F)c1cnc(CCC2CCCCN2)nc1. The Morgan fingerprint density at radius 1 is 1.22 bits per heavy atom. The number of rotatable bonds is 3. The molecular formula is C12H16F3N3. The van der Waals surface area contributed by atoms with Crippen LogP contribution in [0.1, 0.15) is 37.1 Å². The Morgan fingerprint density at radius 3 is 2.50 bits per heavy atom. The quantitative estimate of drug-likeness (QED) is 0.906. The first-order chi connectivity index (χ1) is 8.55. The first kappa shape index (κ1) is 13.3. The van der Waals surface area contributed by atoms with Crippen molar-refractivity contribution in [3.05, 3.63) is 23.8 Å². The van der Waals surface area contributed by atoms with Gasteiger partial charge in [0, 0.05) is 24.9 Å². The molecular weight excluding hydrogens is 243 g/mol. The second kappa shape index (κ2) is 5.65. The van der Waals surface area contributed by atoms with Crippen LogP contribution in [0.15, 0.2) is 12.4 Å². The van der Waals surface area contributed by atoms with Crippen molar-refractivity contribution in [2.45, 2.75) is 44.3 Å². The van der Waals surface area contributed by atoms with Crippen molar-refractivity contribution >= 4 is 0 Å². The summed E-state index contributed by atoms with van der Waals surface area (Å²) in [5.74, 6) is 0.482. The van der Waals surface area contributed by atoms with Gasteiger partial charge < -0.3 is 5.32 Å². The maximum atomic E-state index is 12.3. The molecule has 0 bridgehead atoms. The molecule has 0 aliphatic carbocycles. The highest BCUT2D eigenvalue weighted by molar-refractivity contribution is 5.09. The van der Waals surface area contributed by atoms with Crippen LogP contribution >= 0.6 is 0 Å². The van der Waals surface area contributed by atoms with E-state index in [1.165, 1.54) is 12.8 Å². The summed E-state index contributed by atoms with van der Waals surface area (Å²) in [5.41, 5.74) is -0.790. The largest absolute Gasteiger partial charge is 0.419 e. The van der Waals surface area contributed by atoms with E-state index in [-0.39, 0.29) is 0 Å². The van der Waals surface area contributed by atoms with Crippen LogP contribution in [-0.2, 0) is 12.6 Å². The highest BCUT2D eigenvalue weighted by Gasteiger charge is 2.31. The summed E-state index contributed by atoms with van der Waals surface area (Å²) in [6, 6.07) is 0.449. The second-order valence-corrected chi connectivity index (χ2v) is 4.57. The van der Waals surface area contributed by atoms with Gasteiger partial charge in [0.05, 0.1) is 5.56 Å². The molecule has 0 amide bonds. The van der Waals surface area contributed by atoms with E-state index in [0.717, 1.165) is 31.8 Å². The van der Waals surface area contributed by atoms with E-state index in [1.807, 2.05) is 0 Å². The van der Waals surface area contributed by atoms with Gasteiger partial charge in [-0.3, -0.25) is 0 Å². The van der Waals surface area contributed by atoms with Crippen LogP contribution in [0.5, 0.6) is 0 Å². The topological polar surface area (TPSA) is 37.8 Å². The fraction of sp³-hybridized carbons (Fsp3) is 0.667. The number of piperidine rings is 1. The summed E-state index contributed by atoms with van der Waals surface area (Å²) in [7, 11) is 0. The van der Waals surface area contributed by atoms with E-state index in [0.29, 0.717) is 18.3 Å². The molecule has 2 rings (SSSR count). The number of aromatic nitrogens is 2. The molecule has 0 spiro atoms. The van der Waals surface area contributed by atoms with Crippen molar-refractivity contribution in [1.82, 2.24) is 15.3 Å². The summed E-state index contributed by atoms with van der Waals surface area (Å²) >= 11 is 0. The Kier molecular flexibility index (Phi) is 4.16. The molecule has 1 saturated heterocycles. The lowest BCUT2D eigenvalue weighted by Crippen LogP contribution is -2.34. The highest BCUT2D eigenvalue weighted by Crippen LogP contribution is 2.27. The summed E-state index contributed by atoms with van der Waals surface area (Å²) < 4.78 is 36.9. The lowest BCUT2D eigenvalue weighted by molar-refractivity contribution is -0.138. The molecule has 18 heavy (non-hydrogen) atoms. The summed E-state index contributed by atoms with van der Waals surface area (Å²) in [6.07, 6.45) is 2.40. The Bertz CT molecular complexity index is 369. The molecule has 1 unspecified atom stereocenters. The van der Waals surface area contributed by atoms with Gasteiger partial charge in [0.15, 0.2) is 0 Å². The zero-order valence-electron chi connectivity index (χ0n) is 10.0. The summed E-state index contributed by atoms with van der Waals surface area (Å²) in [4.78, 5) is 7.54. The van der Waals surface area contributed by atoms with Crippen molar-refractivity contribution in [3.63, 3.8) is 0 Å². The molecule has 2 heterocycles. The Labute approximate surface area is 104 Å². The molecule has 3 nitrogen and oxygen atoms in total.